The van der Waals surface area contributed by atoms with Crippen molar-refractivity contribution in [3.63, 3.8) is 0 Å². The van der Waals surface area contributed by atoms with E-state index in [4.69, 9.17) is 4.42 Å². The highest BCUT2D eigenvalue weighted by molar-refractivity contribution is 6.07. The summed E-state index contributed by atoms with van der Waals surface area (Å²) in [5.41, 5.74) is 2.62. The summed E-state index contributed by atoms with van der Waals surface area (Å²) >= 11 is 0. The Labute approximate surface area is 192 Å². The van der Waals surface area contributed by atoms with Crippen molar-refractivity contribution < 1.29 is 22.4 Å². The second kappa shape index (κ2) is 8.40. The van der Waals surface area contributed by atoms with Gasteiger partial charge < -0.3 is 15.1 Å². The summed E-state index contributed by atoms with van der Waals surface area (Å²) in [6.45, 7) is 2.52. The van der Waals surface area contributed by atoms with E-state index in [1.165, 1.54) is 12.5 Å². The fourth-order valence-electron chi connectivity index (χ4n) is 4.08. The van der Waals surface area contributed by atoms with E-state index in [0.29, 0.717) is 18.0 Å². The summed E-state index contributed by atoms with van der Waals surface area (Å²) in [4.78, 5) is 13.0. The van der Waals surface area contributed by atoms with Crippen LogP contribution in [0.5, 0.6) is 0 Å². The predicted molar refractivity (Wildman–Crippen MR) is 117 cm³/mol. The number of benzene rings is 1. The summed E-state index contributed by atoms with van der Waals surface area (Å²) in [6.07, 6.45) is 0.838. The molecule has 0 bridgehead atoms. The van der Waals surface area contributed by atoms with E-state index >= 15 is 0 Å². The predicted octanol–water partition coefficient (Wildman–Crippen LogP) is 4.94. The van der Waals surface area contributed by atoms with E-state index in [-0.39, 0.29) is 17.8 Å². The van der Waals surface area contributed by atoms with E-state index in [9.17, 15) is 18.0 Å². The fourth-order valence-corrected chi connectivity index (χ4v) is 4.08. The molecule has 4 aromatic rings. The molecule has 11 heteroatoms. The highest BCUT2D eigenvalue weighted by Crippen LogP contribution is 2.44. The van der Waals surface area contributed by atoms with Gasteiger partial charge >= 0.3 is 6.18 Å². The average molecular weight is 470 g/mol. The molecule has 1 aliphatic rings. The third kappa shape index (κ3) is 4.16. The quantitative estimate of drug-likeness (QED) is 0.431. The summed E-state index contributed by atoms with van der Waals surface area (Å²) in [5, 5.41) is 13.8. The minimum atomic E-state index is -4.54. The van der Waals surface area contributed by atoms with Crippen LogP contribution in [-0.4, -0.2) is 31.6 Å². The van der Waals surface area contributed by atoms with Gasteiger partial charge in [-0.1, -0.05) is 24.3 Å². The molecule has 4 heterocycles. The van der Waals surface area contributed by atoms with Crippen molar-refractivity contribution >= 4 is 17.4 Å². The highest BCUT2D eigenvalue weighted by Gasteiger charge is 2.47. The van der Waals surface area contributed by atoms with Gasteiger partial charge in [-0.2, -0.15) is 23.4 Å². The van der Waals surface area contributed by atoms with Crippen molar-refractivity contribution in [3.8, 4) is 0 Å². The second-order valence-corrected chi connectivity index (χ2v) is 8.16. The number of aryl methyl sites for hydroxylation is 1. The van der Waals surface area contributed by atoms with Gasteiger partial charge in [0.05, 0.1) is 36.9 Å². The molecular formula is C23H21F3N6O2. The van der Waals surface area contributed by atoms with Crippen molar-refractivity contribution in [1.82, 2.24) is 19.6 Å². The number of carbonyl (C=O) groups is 1. The molecule has 2 N–H and O–H groups in total. The maximum absolute atomic E-state index is 13.8. The number of nitrogens with one attached hydrogen (secondary N) is 2. The first-order chi connectivity index (χ1) is 16.3. The molecule has 5 rings (SSSR count). The van der Waals surface area contributed by atoms with Crippen molar-refractivity contribution in [2.45, 2.75) is 38.1 Å². The van der Waals surface area contributed by atoms with Gasteiger partial charge in [-0.25, -0.2) is 4.68 Å². The van der Waals surface area contributed by atoms with Crippen molar-refractivity contribution in [1.29, 1.82) is 0 Å². The van der Waals surface area contributed by atoms with Crippen LogP contribution in [0.1, 0.15) is 45.7 Å². The number of hydrogen-bond donors (Lipinski definition) is 2. The highest BCUT2D eigenvalue weighted by atomic mass is 19.4. The summed E-state index contributed by atoms with van der Waals surface area (Å²) < 4.78 is 49.1. The first-order valence-corrected chi connectivity index (χ1v) is 10.6. The van der Waals surface area contributed by atoms with Crippen molar-refractivity contribution in [2.75, 3.05) is 10.6 Å². The van der Waals surface area contributed by atoms with E-state index in [1.54, 1.807) is 23.0 Å². The van der Waals surface area contributed by atoms with Gasteiger partial charge in [0.2, 0.25) is 0 Å². The first-order valence-electron chi connectivity index (χ1n) is 10.6. The lowest BCUT2D eigenvalue weighted by molar-refractivity contribution is -0.174. The van der Waals surface area contributed by atoms with Crippen LogP contribution in [0.2, 0.25) is 0 Å². The van der Waals surface area contributed by atoms with E-state index in [0.717, 1.165) is 22.0 Å². The first kappa shape index (κ1) is 21.8. The number of halogens is 3. The molecule has 1 aliphatic heterocycles. The van der Waals surface area contributed by atoms with E-state index in [1.807, 2.05) is 31.2 Å². The van der Waals surface area contributed by atoms with Gasteiger partial charge in [-0.15, -0.1) is 0 Å². The third-order valence-electron chi connectivity index (χ3n) is 5.85. The van der Waals surface area contributed by atoms with Crippen molar-refractivity contribution in [2.24, 2.45) is 0 Å². The number of alkyl halides is 3. The number of furan rings is 1. The van der Waals surface area contributed by atoms with Crippen LogP contribution < -0.4 is 10.6 Å². The summed E-state index contributed by atoms with van der Waals surface area (Å²) in [5.74, 6) is -0.254. The number of nitrogens with zero attached hydrogens (tertiary/aromatic N) is 4. The van der Waals surface area contributed by atoms with Crippen LogP contribution in [-0.2, 0) is 6.54 Å². The summed E-state index contributed by atoms with van der Waals surface area (Å²) in [6, 6.07) is 8.44. The van der Waals surface area contributed by atoms with E-state index in [2.05, 4.69) is 20.8 Å². The topological polar surface area (TPSA) is 89.9 Å². The number of aromatic nitrogens is 4. The number of rotatable bonds is 5. The normalized spacial score (nSPS) is 17.8. The molecule has 0 aliphatic carbocycles. The number of amides is 1. The molecule has 1 amide bonds. The Morgan fingerprint density at radius 2 is 2.03 bits per heavy atom. The largest absolute Gasteiger partial charge is 0.467 e. The van der Waals surface area contributed by atoms with Crippen LogP contribution in [0.4, 0.5) is 24.7 Å². The Hall–Kier alpha value is -4.02. The Balaban J connectivity index is 1.37. The monoisotopic (exact) mass is 470 g/mol. The third-order valence-corrected chi connectivity index (χ3v) is 5.85. The minimum absolute atomic E-state index is 0.00263. The number of fused-ring (bicyclic) bond motifs is 1. The molecule has 1 aromatic carbocycles. The zero-order valence-corrected chi connectivity index (χ0v) is 18.1. The molecule has 3 aromatic heterocycles. The molecule has 8 nitrogen and oxygen atoms in total. The van der Waals surface area contributed by atoms with E-state index < -0.39 is 24.2 Å². The van der Waals surface area contributed by atoms with Crippen LogP contribution in [0.25, 0.3) is 0 Å². The Morgan fingerprint density at radius 3 is 2.76 bits per heavy atom. The van der Waals surface area contributed by atoms with Gasteiger partial charge in [-0.05, 0) is 30.2 Å². The van der Waals surface area contributed by atoms with Gasteiger partial charge in [0.1, 0.15) is 17.1 Å². The molecule has 0 radical (unpaired) electrons. The number of carbonyl (C=O) groups excluding carboxylic acids is 1. The lowest BCUT2D eigenvalue weighted by atomic mass is 10.0. The average Bonchev–Trinajstić information content (AvgIpc) is 3.55. The summed E-state index contributed by atoms with van der Waals surface area (Å²) in [7, 11) is 0. The Kier molecular flexibility index (Phi) is 5.39. The van der Waals surface area contributed by atoms with Gasteiger partial charge in [0, 0.05) is 12.6 Å². The van der Waals surface area contributed by atoms with Crippen molar-refractivity contribution in [3.05, 3.63) is 83.7 Å². The number of hydrogen-bond acceptors (Lipinski definition) is 5. The molecular weight excluding hydrogens is 449 g/mol. The molecule has 176 valence electrons. The molecule has 0 spiro atoms. The van der Waals surface area contributed by atoms with Crippen LogP contribution >= 0.6 is 0 Å². The second-order valence-electron chi connectivity index (χ2n) is 8.16. The maximum Gasteiger partial charge on any atom is 0.410 e. The van der Waals surface area contributed by atoms with Gasteiger partial charge in [0.15, 0.2) is 6.04 Å². The Bertz CT molecular complexity index is 1310. The zero-order chi connectivity index (χ0) is 23.9. The standard InChI is InChI=1S/C23H21F3N6O2/c1-14-5-2-3-6-15(14)12-31-13-16(10-27-31)29-22(33)17-11-28-32-20(23(24,25)26)9-18(30-21(17)32)19-7-4-8-34-19/h2-8,10-11,13,18,20,30H,9,12H2,1H3,(H,29,33)/t18-,20+/m1/s1. The molecule has 2 atom stereocenters. The lowest BCUT2D eigenvalue weighted by Crippen LogP contribution is -2.36. The molecule has 0 fully saturated rings. The molecule has 0 saturated heterocycles. The van der Waals surface area contributed by atoms with Crippen LogP contribution in [0.15, 0.2) is 65.7 Å². The number of anilines is 2. The Morgan fingerprint density at radius 1 is 1.21 bits per heavy atom. The zero-order valence-electron chi connectivity index (χ0n) is 18.1. The minimum Gasteiger partial charge on any atom is -0.467 e. The molecule has 0 saturated carbocycles. The smallest absolute Gasteiger partial charge is 0.410 e. The lowest BCUT2D eigenvalue weighted by Gasteiger charge is -2.32. The maximum atomic E-state index is 13.8. The molecule has 34 heavy (non-hydrogen) atoms. The van der Waals surface area contributed by atoms with Gasteiger partial charge in [-0.3, -0.25) is 9.48 Å². The SMILES string of the molecule is Cc1ccccc1Cn1cc(NC(=O)c2cnn3c2N[C@@H](c2ccco2)C[C@H]3C(F)(F)F)cn1. The van der Waals surface area contributed by atoms with Gasteiger partial charge in [0.25, 0.3) is 5.91 Å². The van der Waals surface area contributed by atoms with Crippen LogP contribution in [0, 0.1) is 6.92 Å². The van der Waals surface area contributed by atoms with Crippen LogP contribution in [0.3, 0.4) is 0 Å². The fraction of sp³-hybridized carbons (Fsp3) is 0.261. The molecule has 0 unspecified atom stereocenters.